The number of ether oxygens (including phenoxy) is 2. The van der Waals surface area contributed by atoms with Crippen molar-refractivity contribution in [3.8, 4) is 0 Å². The lowest BCUT2D eigenvalue weighted by Gasteiger charge is -2.26. The monoisotopic (exact) mass is 277 g/mol. The van der Waals surface area contributed by atoms with Gasteiger partial charge in [0.25, 0.3) is 0 Å². The maximum atomic E-state index is 12.0. The first-order chi connectivity index (χ1) is 8.35. The van der Waals surface area contributed by atoms with Gasteiger partial charge in [0.1, 0.15) is 6.04 Å². The molecule has 2 atom stereocenters. The van der Waals surface area contributed by atoms with E-state index in [2.05, 4.69) is 12.6 Å². The lowest BCUT2D eigenvalue weighted by molar-refractivity contribution is -0.197. The fraction of sp³-hybridized carbons (Fsp3) is 0.818. The zero-order chi connectivity index (χ0) is 13.9. The van der Waals surface area contributed by atoms with Crippen molar-refractivity contribution in [1.82, 2.24) is 4.90 Å². The number of methoxy groups -OCH3 is 2. The van der Waals surface area contributed by atoms with Gasteiger partial charge in [-0.05, 0) is 0 Å². The number of likely N-dealkylation sites (tertiary alicyclic amines) is 1. The Morgan fingerprint density at radius 3 is 2.44 bits per heavy atom. The highest BCUT2D eigenvalue weighted by molar-refractivity contribution is 7.80. The van der Waals surface area contributed by atoms with Gasteiger partial charge in [-0.25, -0.2) is 4.79 Å². The molecule has 104 valence electrons. The molecule has 0 saturated carbocycles. The molecule has 0 aromatic carbocycles. The van der Waals surface area contributed by atoms with Gasteiger partial charge >= 0.3 is 5.97 Å². The molecule has 1 N–H and O–H groups in total. The Labute approximate surface area is 112 Å². The summed E-state index contributed by atoms with van der Waals surface area (Å²) in [4.78, 5) is 24.5. The van der Waals surface area contributed by atoms with Crippen LogP contribution < -0.4 is 0 Å². The van der Waals surface area contributed by atoms with E-state index in [9.17, 15) is 9.59 Å². The van der Waals surface area contributed by atoms with Crippen molar-refractivity contribution in [3.63, 3.8) is 0 Å². The zero-order valence-corrected chi connectivity index (χ0v) is 11.6. The van der Waals surface area contributed by atoms with Gasteiger partial charge in [-0.2, -0.15) is 12.6 Å². The predicted octanol–water partition coefficient (Wildman–Crippen LogP) is 0.369. The van der Waals surface area contributed by atoms with Gasteiger partial charge in [0, 0.05) is 32.3 Å². The molecule has 0 unspecified atom stereocenters. The van der Waals surface area contributed by atoms with E-state index in [1.54, 1.807) is 6.92 Å². The minimum atomic E-state index is -1.05. The number of carboxylic acids is 1. The fourth-order valence-electron chi connectivity index (χ4n) is 2.07. The minimum Gasteiger partial charge on any atom is -0.480 e. The molecule has 0 aromatic heterocycles. The highest BCUT2D eigenvalue weighted by Crippen LogP contribution is 2.31. The number of carbonyl (C=O) groups is 2. The van der Waals surface area contributed by atoms with Crippen molar-refractivity contribution in [3.05, 3.63) is 0 Å². The Morgan fingerprint density at radius 1 is 1.50 bits per heavy atom. The number of amides is 1. The molecule has 1 rings (SSSR count). The maximum absolute atomic E-state index is 12.0. The van der Waals surface area contributed by atoms with Gasteiger partial charge in [0.2, 0.25) is 5.91 Å². The average molecular weight is 277 g/mol. The first-order valence-electron chi connectivity index (χ1n) is 5.66. The fourth-order valence-corrected chi connectivity index (χ4v) is 2.23. The standard InChI is InChI=1S/C11H19NO5S/c1-7(18)4-9(13)12-6-11(16-2,17-3)5-8(12)10(14)15/h7-8,18H,4-6H2,1-3H3,(H,14,15)/t7-,8-/m0/s1. The molecule has 1 saturated heterocycles. The molecule has 0 aromatic rings. The van der Waals surface area contributed by atoms with Gasteiger partial charge in [0.15, 0.2) is 5.79 Å². The molecule has 1 aliphatic rings. The minimum absolute atomic E-state index is 0.118. The second kappa shape index (κ2) is 5.90. The molecule has 0 bridgehead atoms. The summed E-state index contributed by atoms with van der Waals surface area (Å²) >= 11 is 4.14. The first kappa shape index (κ1) is 15.3. The van der Waals surface area contributed by atoms with Crippen molar-refractivity contribution in [2.24, 2.45) is 0 Å². The van der Waals surface area contributed by atoms with Crippen LogP contribution in [0.15, 0.2) is 0 Å². The molecule has 1 amide bonds. The van der Waals surface area contributed by atoms with Crippen LogP contribution in [-0.2, 0) is 19.1 Å². The smallest absolute Gasteiger partial charge is 0.326 e. The Hall–Kier alpha value is -0.790. The van der Waals surface area contributed by atoms with Crippen molar-refractivity contribution in [2.75, 3.05) is 20.8 Å². The average Bonchev–Trinajstić information content (AvgIpc) is 2.69. The Bertz CT molecular complexity index is 329. The number of rotatable bonds is 5. The molecule has 18 heavy (non-hydrogen) atoms. The third-order valence-electron chi connectivity index (χ3n) is 3.11. The maximum Gasteiger partial charge on any atom is 0.326 e. The number of hydrogen-bond acceptors (Lipinski definition) is 5. The van der Waals surface area contributed by atoms with Crippen LogP contribution in [0.5, 0.6) is 0 Å². The van der Waals surface area contributed by atoms with Gasteiger partial charge in [0.05, 0.1) is 6.54 Å². The normalized spacial score (nSPS) is 24.0. The SMILES string of the molecule is COC1(OC)C[C@@H](C(=O)O)N(C(=O)C[C@H](C)S)C1. The van der Waals surface area contributed by atoms with Crippen molar-refractivity contribution >= 4 is 24.5 Å². The molecular formula is C11H19NO5S. The van der Waals surface area contributed by atoms with E-state index in [4.69, 9.17) is 14.6 Å². The van der Waals surface area contributed by atoms with Crippen molar-refractivity contribution in [1.29, 1.82) is 0 Å². The van der Waals surface area contributed by atoms with Crippen LogP contribution in [0.1, 0.15) is 19.8 Å². The molecule has 0 spiro atoms. The van der Waals surface area contributed by atoms with Crippen LogP contribution in [0.25, 0.3) is 0 Å². The zero-order valence-electron chi connectivity index (χ0n) is 10.8. The van der Waals surface area contributed by atoms with Crippen molar-refractivity contribution < 1.29 is 24.2 Å². The Balaban J connectivity index is 2.88. The van der Waals surface area contributed by atoms with Crippen LogP contribution in [0.3, 0.4) is 0 Å². The summed E-state index contributed by atoms with van der Waals surface area (Å²) in [6.07, 6.45) is 0.318. The number of thiol groups is 1. The lowest BCUT2D eigenvalue weighted by Crippen LogP contribution is -2.42. The number of hydrogen-bond donors (Lipinski definition) is 2. The molecule has 1 heterocycles. The van der Waals surface area contributed by atoms with E-state index in [1.165, 1.54) is 19.1 Å². The molecule has 0 aliphatic carbocycles. The summed E-state index contributed by atoms with van der Waals surface area (Å²) in [5, 5.41) is 9.05. The Kier molecular flexibility index (Phi) is 5.01. The van der Waals surface area contributed by atoms with Crippen molar-refractivity contribution in [2.45, 2.75) is 36.8 Å². The third-order valence-corrected chi connectivity index (χ3v) is 3.29. The lowest BCUT2D eigenvalue weighted by atomic mass is 10.1. The van der Waals surface area contributed by atoms with E-state index < -0.39 is 17.8 Å². The topological polar surface area (TPSA) is 76.1 Å². The first-order valence-corrected chi connectivity index (χ1v) is 6.17. The largest absolute Gasteiger partial charge is 0.480 e. The van der Waals surface area contributed by atoms with E-state index in [0.717, 1.165) is 0 Å². The van der Waals surface area contributed by atoms with Crippen LogP contribution in [0.2, 0.25) is 0 Å². The second-order valence-electron chi connectivity index (χ2n) is 4.45. The number of aliphatic carboxylic acids is 1. The number of carbonyl (C=O) groups excluding carboxylic acids is 1. The van der Waals surface area contributed by atoms with E-state index >= 15 is 0 Å². The molecule has 0 radical (unpaired) electrons. The summed E-state index contributed by atoms with van der Waals surface area (Å²) in [7, 11) is 2.88. The summed E-state index contributed by atoms with van der Waals surface area (Å²) < 4.78 is 10.4. The molecule has 1 fully saturated rings. The van der Waals surface area contributed by atoms with Crippen LogP contribution >= 0.6 is 12.6 Å². The van der Waals surface area contributed by atoms with Gasteiger partial charge in [-0.15, -0.1) is 0 Å². The number of nitrogens with zero attached hydrogens (tertiary/aromatic N) is 1. The third kappa shape index (κ3) is 3.15. The van der Waals surface area contributed by atoms with Crippen LogP contribution in [0, 0.1) is 0 Å². The molecule has 6 nitrogen and oxygen atoms in total. The summed E-state index contributed by atoms with van der Waals surface area (Å²) in [5.41, 5.74) is 0. The summed E-state index contributed by atoms with van der Waals surface area (Å²) in [6.45, 7) is 1.91. The van der Waals surface area contributed by atoms with Gasteiger partial charge < -0.3 is 19.5 Å². The van der Waals surface area contributed by atoms with Gasteiger partial charge in [-0.3, -0.25) is 4.79 Å². The van der Waals surface area contributed by atoms with E-state index in [-0.39, 0.29) is 30.5 Å². The summed E-state index contributed by atoms with van der Waals surface area (Å²) in [6, 6.07) is -0.913. The van der Waals surface area contributed by atoms with Crippen LogP contribution in [-0.4, -0.2) is 59.7 Å². The number of carboxylic acid groups (broad SMARTS) is 1. The summed E-state index contributed by atoms with van der Waals surface area (Å²) in [5.74, 6) is -2.33. The molecule has 7 heteroatoms. The Morgan fingerprint density at radius 2 is 2.06 bits per heavy atom. The molecular weight excluding hydrogens is 258 g/mol. The van der Waals surface area contributed by atoms with Crippen LogP contribution in [0.4, 0.5) is 0 Å². The van der Waals surface area contributed by atoms with Gasteiger partial charge in [-0.1, -0.05) is 6.92 Å². The van der Waals surface area contributed by atoms with E-state index in [0.29, 0.717) is 0 Å². The molecule has 1 aliphatic heterocycles. The highest BCUT2D eigenvalue weighted by atomic mass is 32.1. The van der Waals surface area contributed by atoms with E-state index in [1.807, 2.05) is 0 Å². The predicted molar refractivity (Wildman–Crippen MR) is 67.6 cm³/mol. The second-order valence-corrected chi connectivity index (χ2v) is 5.33. The highest BCUT2D eigenvalue weighted by Gasteiger charge is 2.49. The quantitative estimate of drug-likeness (QED) is 0.561.